The van der Waals surface area contributed by atoms with Crippen LogP contribution in [0.5, 0.6) is 5.88 Å². The summed E-state index contributed by atoms with van der Waals surface area (Å²) in [5.41, 5.74) is 1.24. The fourth-order valence-corrected chi connectivity index (χ4v) is 3.78. The zero-order valence-corrected chi connectivity index (χ0v) is 18.9. The molecule has 0 aliphatic carbocycles. The number of nitrogens with zero attached hydrogens (tertiary/aromatic N) is 6. The fraction of sp³-hybridized carbons (Fsp3) is 0.261. The highest BCUT2D eigenvalue weighted by molar-refractivity contribution is 5.90. The van der Waals surface area contributed by atoms with Gasteiger partial charge in [0.05, 0.1) is 18.8 Å². The second kappa shape index (κ2) is 10.00. The zero-order valence-electron chi connectivity index (χ0n) is 18.9. The van der Waals surface area contributed by atoms with Crippen LogP contribution in [-0.4, -0.2) is 77.5 Å². The average Bonchev–Trinajstić information content (AvgIpc) is 3.56. The zero-order chi connectivity index (χ0) is 25.1. The number of hydrogen-bond acceptors (Lipinski definition) is 10. The molecule has 2 aliphatic rings. The quantitative estimate of drug-likeness (QED) is 0.520. The minimum absolute atomic E-state index is 0.0882. The Bertz CT molecular complexity index is 1270. The van der Waals surface area contributed by atoms with Gasteiger partial charge >= 0.3 is 6.09 Å². The van der Waals surface area contributed by atoms with E-state index in [-0.39, 0.29) is 19.0 Å². The summed E-state index contributed by atoms with van der Waals surface area (Å²) in [6.45, 7) is 0.435. The Balaban J connectivity index is 1.24. The maximum Gasteiger partial charge on any atom is 0.414 e. The van der Waals surface area contributed by atoms with Gasteiger partial charge in [0.1, 0.15) is 37.5 Å². The highest BCUT2D eigenvalue weighted by Crippen LogP contribution is 2.29. The molecule has 2 amide bonds. The molecule has 1 saturated heterocycles. The number of anilines is 2. The first-order chi connectivity index (χ1) is 17.5. The van der Waals surface area contributed by atoms with Gasteiger partial charge in [0.15, 0.2) is 6.10 Å². The molecule has 36 heavy (non-hydrogen) atoms. The summed E-state index contributed by atoms with van der Waals surface area (Å²) in [5.74, 6) is -0.138. The number of carbonyl (C=O) groups excluding carboxylic acids is 2. The molecule has 1 fully saturated rings. The van der Waals surface area contributed by atoms with Crippen molar-refractivity contribution in [3.63, 3.8) is 0 Å². The van der Waals surface area contributed by atoms with Crippen LogP contribution in [0, 0.1) is 5.82 Å². The number of amides is 2. The van der Waals surface area contributed by atoms with Crippen LogP contribution in [0.3, 0.4) is 0 Å². The van der Waals surface area contributed by atoms with Crippen LogP contribution in [0.15, 0.2) is 58.5 Å². The third-order valence-electron chi connectivity index (χ3n) is 5.63. The van der Waals surface area contributed by atoms with Crippen molar-refractivity contribution in [2.24, 2.45) is 5.10 Å². The molecule has 13 heteroatoms. The molecule has 0 spiro atoms. The van der Waals surface area contributed by atoms with Crippen LogP contribution >= 0.6 is 0 Å². The minimum Gasteiger partial charge on any atom is -0.471 e. The Morgan fingerprint density at radius 3 is 2.78 bits per heavy atom. The molecular weight excluding hydrogens is 475 g/mol. The van der Waals surface area contributed by atoms with E-state index in [0.29, 0.717) is 35.7 Å². The summed E-state index contributed by atoms with van der Waals surface area (Å²) < 4.78 is 30.4. The summed E-state index contributed by atoms with van der Waals surface area (Å²) in [5, 5.41) is 17.7. The Morgan fingerprint density at radius 2 is 2.11 bits per heavy atom. The van der Waals surface area contributed by atoms with E-state index < -0.39 is 30.5 Å². The summed E-state index contributed by atoms with van der Waals surface area (Å²) in [4.78, 5) is 31.3. The van der Waals surface area contributed by atoms with Crippen molar-refractivity contribution in [1.82, 2.24) is 15.1 Å². The molecule has 12 nitrogen and oxygen atoms in total. The van der Waals surface area contributed by atoms with E-state index in [0.717, 1.165) is 0 Å². The molecule has 0 saturated carbocycles. The highest BCUT2D eigenvalue weighted by Gasteiger charge is 2.33. The van der Waals surface area contributed by atoms with E-state index in [4.69, 9.17) is 14.6 Å². The van der Waals surface area contributed by atoms with Crippen LogP contribution in [0.1, 0.15) is 0 Å². The van der Waals surface area contributed by atoms with Crippen LogP contribution in [0.2, 0.25) is 0 Å². The van der Waals surface area contributed by atoms with Gasteiger partial charge in [-0.15, -0.1) is 0 Å². The van der Waals surface area contributed by atoms with Crippen molar-refractivity contribution >= 4 is 29.8 Å². The monoisotopic (exact) mass is 496 g/mol. The molecule has 1 atom stereocenters. The number of cyclic esters (lactones) is 1. The Morgan fingerprint density at radius 1 is 1.22 bits per heavy atom. The second-order valence-corrected chi connectivity index (χ2v) is 7.93. The molecule has 186 valence electrons. The van der Waals surface area contributed by atoms with Gasteiger partial charge in [-0.2, -0.15) is 5.10 Å². The molecular formula is C23H21FN6O6. The minimum atomic E-state index is -0.605. The van der Waals surface area contributed by atoms with Gasteiger partial charge < -0.3 is 24.0 Å². The van der Waals surface area contributed by atoms with Crippen molar-refractivity contribution in [1.29, 1.82) is 0 Å². The van der Waals surface area contributed by atoms with Gasteiger partial charge in [-0.25, -0.2) is 19.2 Å². The number of pyridine rings is 1. The molecule has 2 aromatic heterocycles. The van der Waals surface area contributed by atoms with Gasteiger partial charge in [-0.1, -0.05) is 0 Å². The van der Waals surface area contributed by atoms with E-state index >= 15 is 4.39 Å². The third kappa shape index (κ3) is 4.81. The topological polar surface area (TPSA) is 134 Å². The summed E-state index contributed by atoms with van der Waals surface area (Å²) in [6.07, 6.45) is 3.22. The van der Waals surface area contributed by atoms with Crippen molar-refractivity contribution in [3.8, 4) is 17.0 Å². The molecule has 0 radical (unpaired) electrons. The number of rotatable bonds is 7. The van der Waals surface area contributed by atoms with Crippen LogP contribution in [-0.2, 0) is 9.53 Å². The lowest BCUT2D eigenvalue weighted by molar-refractivity contribution is -0.134. The number of halogens is 1. The van der Waals surface area contributed by atoms with E-state index in [1.807, 2.05) is 0 Å². The van der Waals surface area contributed by atoms with Gasteiger partial charge in [-0.05, 0) is 35.5 Å². The second-order valence-electron chi connectivity index (χ2n) is 7.93. The first-order valence-corrected chi connectivity index (χ1v) is 11.0. The maximum absolute atomic E-state index is 15.0. The van der Waals surface area contributed by atoms with E-state index in [1.165, 1.54) is 34.8 Å². The number of ether oxygens (including phenoxy) is 2. The molecule has 0 unspecified atom stereocenters. The lowest BCUT2D eigenvalue weighted by atomic mass is 10.1. The highest BCUT2D eigenvalue weighted by atomic mass is 19.1. The predicted molar refractivity (Wildman–Crippen MR) is 124 cm³/mol. The SMILES string of the molecule is O=C(CO)N1CCN(c2ccc(-c3ccc(N4C[C@H](COc5ccon5)OC4=O)cc3F)cn2)C=N1. The summed E-state index contributed by atoms with van der Waals surface area (Å²) in [6, 6.07) is 9.47. The summed E-state index contributed by atoms with van der Waals surface area (Å²) >= 11 is 0. The van der Waals surface area contributed by atoms with E-state index in [1.54, 1.807) is 35.2 Å². The van der Waals surface area contributed by atoms with Gasteiger partial charge in [0.2, 0.25) is 0 Å². The molecule has 3 aromatic rings. The third-order valence-corrected chi connectivity index (χ3v) is 5.63. The van der Waals surface area contributed by atoms with E-state index in [9.17, 15) is 9.59 Å². The number of benzene rings is 1. The number of aliphatic hydroxyl groups excluding tert-OH is 1. The fourth-order valence-electron chi connectivity index (χ4n) is 3.78. The molecule has 0 bridgehead atoms. The standard InChI is InChI=1S/C23H21FN6O6/c24-19-9-16(29-11-17(36-23(29)33)13-34-21-5-8-35-27-21)2-3-18(19)15-1-4-20(25-10-15)28-6-7-30(26-14-28)22(32)12-31/h1-5,8-10,14,17,31H,6-7,11-13H2/t17-/m1/s1. The van der Waals surface area contributed by atoms with Crippen molar-refractivity contribution in [2.75, 3.05) is 42.6 Å². The normalized spacial score (nSPS) is 17.4. The van der Waals surface area contributed by atoms with Crippen molar-refractivity contribution in [2.45, 2.75) is 6.10 Å². The number of aliphatic hydroxyl groups is 1. The Hall–Kier alpha value is -4.52. The van der Waals surface area contributed by atoms with Gasteiger partial charge in [-0.3, -0.25) is 9.69 Å². The number of carbonyl (C=O) groups is 2. The van der Waals surface area contributed by atoms with Crippen LogP contribution in [0.4, 0.5) is 20.7 Å². The average molecular weight is 496 g/mol. The van der Waals surface area contributed by atoms with E-state index in [2.05, 4.69) is 19.8 Å². The van der Waals surface area contributed by atoms with Gasteiger partial charge in [0.25, 0.3) is 11.8 Å². The largest absolute Gasteiger partial charge is 0.471 e. The summed E-state index contributed by atoms with van der Waals surface area (Å²) in [7, 11) is 0. The molecule has 5 rings (SSSR count). The first kappa shape index (κ1) is 23.2. The van der Waals surface area contributed by atoms with Crippen LogP contribution in [0.25, 0.3) is 11.1 Å². The number of aromatic nitrogens is 2. The molecule has 1 N–H and O–H groups in total. The smallest absolute Gasteiger partial charge is 0.414 e. The Labute approximate surface area is 204 Å². The first-order valence-electron chi connectivity index (χ1n) is 11.0. The molecule has 2 aliphatic heterocycles. The van der Waals surface area contributed by atoms with Gasteiger partial charge in [0, 0.05) is 29.9 Å². The lowest BCUT2D eigenvalue weighted by Crippen LogP contribution is -2.41. The number of hydrazone groups is 1. The Kier molecular flexibility index (Phi) is 6.45. The van der Waals surface area contributed by atoms with Crippen molar-refractivity contribution in [3.05, 3.63) is 54.7 Å². The molecule has 4 heterocycles. The van der Waals surface area contributed by atoms with Crippen LogP contribution < -0.4 is 14.5 Å². The molecule has 1 aromatic carbocycles. The van der Waals surface area contributed by atoms with Crippen molar-refractivity contribution < 1.29 is 33.1 Å². The lowest BCUT2D eigenvalue weighted by Gasteiger charge is -2.27. The predicted octanol–water partition coefficient (Wildman–Crippen LogP) is 1.86. The number of hydrogen-bond donors (Lipinski definition) is 1. The maximum atomic E-state index is 15.0.